The van der Waals surface area contributed by atoms with Crippen molar-refractivity contribution >= 4 is 17.9 Å². The number of hydrogen-bond donors (Lipinski definition) is 3. The Kier molecular flexibility index (Phi) is 6.87. The molecule has 2 aliphatic heterocycles. The number of esters is 1. The van der Waals surface area contributed by atoms with Gasteiger partial charge in [0, 0.05) is 13.5 Å². The molecule has 2 fully saturated rings. The van der Waals surface area contributed by atoms with Gasteiger partial charge in [-0.05, 0) is 6.42 Å². The molecule has 0 aliphatic carbocycles. The Balaban J connectivity index is 2.17. The molecule has 3 N–H and O–H groups in total. The van der Waals surface area contributed by atoms with Gasteiger partial charge >= 0.3 is 12.0 Å². The summed E-state index contributed by atoms with van der Waals surface area (Å²) in [6.45, 7) is 2.76. The maximum Gasteiger partial charge on any atom is 0.328 e. The summed E-state index contributed by atoms with van der Waals surface area (Å²) in [6.07, 6.45) is -8.19. The average Bonchev–Trinajstić information content (AvgIpc) is 2.85. The number of alkyl halides is 1. The Morgan fingerprint density at radius 1 is 1.35 bits per heavy atom. The molecule has 0 radical (unpaired) electrons. The molecular formula is C15H23FN2O8. The molecule has 0 aromatic heterocycles. The number of carbonyl (C=O) groups is 3. The Bertz CT molecular complexity index is 548. The molecule has 0 aromatic carbocycles. The van der Waals surface area contributed by atoms with E-state index in [2.05, 4.69) is 0 Å². The number of aliphatic hydroxyl groups excluding tert-OH is 2. The minimum absolute atomic E-state index is 0.0842. The highest BCUT2D eigenvalue weighted by molar-refractivity contribution is 5.99. The van der Waals surface area contributed by atoms with E-state index in [1.54, 1.807) is 0 Å². The minimum atomic E-state index is -2.19. The largest absolute Gasteiger partial charge is 0.463 e. The molecule has 0 spiro atoms. The van der Waals surface area contributed by atoms with Gasteiger partial charge in [0.15, 0.2) is 12.5 Å². The summed E-state index contributed by atoms with van der Waals surface area (Å²) < 4.78 is 29.8. The number of rotatable bonds is 7. The first-order chi connectivity index (χ1) is 12.3. The summed E-state index contributed by atoms with van der Waals surface area (Å²) in [7, 11) is 0. The molecule has 2 saturated heterocycles. The number of carbonyl (C=O) groups excluding carboxylic acids is 3. The Labute approximate surface area is 149 Å². The lowest BCUT2D eigenvalue weighted by Gasteiger charge is -2.40. The van der Waals surface area contributed by atoms with E-state index in [-0.39, 0.29) is 13.2 Å². The Morgan fingerprint density at radius 2 is 2.04 bits per heavy atom. The average molecular weight is 378 g/mol. The molecule has 0 bridgehead atoms. The van der Waals surface area contributed by atoms with Crippen LogP contribution in [-0.4, -0.2) is 83.2 Å². The number of ether oxygens (including phenoxy) is 3. The van der Waals surface area contributed by atoms with Gasteiger partial charge in [0.1, 0.15) is 24.9 Å². The highest BCUT2D eigenvalue weighted by Gasteiger charge is 2.54. The molecule has 10 nitrogen and oxygen atoms in total. The van der Waals surface area contributed by atoms with Crippen molar-refractivity contribution in [3.05, 3.63) is 0 Å². The molecule has 0 aromatic rings. The number of amides is 3. The van der Waals surface area contributed by atoms with Crippen LogP contribution in [0, 0.1) is 0 Å². The molecule has 0 saturated carbocycles. The van der Waals surface area contributed by atoms with Crippen molar-refractivity contribution < 1.29 is 43.2 Å². The van der Waals surface area contributed by atoms with Gasteiger partial charge in [0.2, 0.25) is 6.17 Å². The highest BCUT2D eigenvalue weighted by atomic mass is 19.1. The normalized spacial score (nSPS) is 34.7. The third kappa shape index (κ3) is 4.29. The van der Waals surface area contributed by atoms with E-state index in [0.717, 1.165) is 13.3 Å². The lowest BCUT2D eigenvalue weighted by molar-refractivity contribution is -0.183. The fourth-order valence-corrected chi connectivity index (χ4v) is 2.69. The van der Waals surface area contributed by atoms with Crippen LogP contribution >= 0.6 is 0 Å². The van der Waals surface area contributed by atoms with Gasteiger partial charge in [0.05, 0.1) is 0 Å². The molecule has 11 heteroatoms. The van der Waals surface area contributed by atoms with E-state index in [4.69, 9.17) is 14.2 Å². The second-order valence-corrected chi connectivity index (χ2v) is 6.07. The van der Waals surface area contributed by atoms with Crippen molar-refractivity contribution in [3.8, 4) is 0 Å². The topological polar surface area (TPSA) is 135 Å². The lowest BCUT2D eigenvalue weighted by Crippen LogP contribution is -2.66. The van der Waals surface area contributed by atoms with Crippen molar-refractivity contribution in [1.29, 1.82) is 0 Å². The summed E-state index contributed by atoms with van der Waals surface area (Å²) >= 11 is 0. The first kappa shape index (κ1) is 20.5. The van der Waals surface area contributed by atoms with Gasteiger partial charge in [-0.25, -0.2) is 9.18 Å². The van der Waals surface area contributed by atoms with Gasteiger partial charge in [0.25, 0.3) is 5.91 Å². The van der Waals surface area contributed by atoms with Crippen LogP contribution in [0.5, 0.6) is 0 Å². The zero-order valence-electron chi connectivity index (χ0n) is 14.5. The van der Waals surface area contributed by atoms with Crippen LogP contribution in [0.3, 0.4) is 0 Å². The zero-order chi connectivity index (χ0) is 19.4. The molecule has 2 heterocycles. The predicted octanol–water partition coefficient (Wildman–Crippen LogP) is -0.971. The monoisotopic (exact) mass is 378 g/mol. The quantitative estimate of drug-likeness (QED) is 0.380. The summed E-state index contributed by atoms with van der Waals surface area (Å²) in [5, 5.41) is 22.1. The third-order valence-electron chi connectivity index (χ3n) is 4.09. The first-order valence-corrected chi connectivity index (χ1v) is 8.31. The second-order valence-electron chi connectivity index (χ2n) is 6.07. The van der Waals surface area contributed by atoms with Crippen molar-refractivity contribution in [2.24, 2.45) is 0 Å². The molecule has 26 heavy (non-hydrogen) atoms. The Hall–Kier alpha value is -1.82. The van der Waals surface area contributed by atoms with Crippen LogP contribution < -0.4 is 5.32 Å². The number of nitrogens with zero attached hydrogens (tertiary/aromatic N) is 1. The number of aliphatic hydroxyl groups is 2. The second kappa shape index (κ2) is 8.71. The standard InChI is InChI=1S/C15H23FN2O8/c1-3-4-5-24-13-9(16)12(22)17-15(23)18(13)14-11(21)10(20)8(26-14)6-25-7(2)19/h8-11,13-14,20-21H,3-6H2,1-2H3,(H,17,22,23)/t8-,9?,10-,11-,13?,14-/m1/s1. The van der Waals surface area contributed by atoms with Crippen molar-refractivity contribution in [1.82, 2.24) is 10.2 Å². The van der Waals surface area contributed by atoms with Gasteiger partial charge < -0.3 is 24.4 Å². The van der Waals surface area contributed by atoms with Crippen LogP contribution in [0.25, 0.3) is 0 Å². The molecule has 6 atom stereocenters. The number of imide groups is 1. The maximum atomic E-state index is 14.3. The van der Waals surface area contributed by atoms with Crippen LogP contribution in [-0.2, 0) is 23.8 Å². The number of urea groups is 1. The molecular weight excluding hydrogens is 355 g/mol. The summed E-state index contributed by atoms with van der Waals surface area (Å²) in [5.74, 6) is -1.78. The van der Waals surface area contributed by atoms with E-state index in [1.807, 2.05) is 12.2 Å². The summed E-state index contributed by atoms with van der Waals surface area (Å²) in [6, 6.07) is -1.02. The fraction of sp³-hybridized carbons (Fsp3) is 0.800. The maximum absolute atomic E-state index is 14.3. The van der Waals surface area contributed by atoms with Gasteiger partial charge in [-0.15, -0.1) is 0 Å². The SMILES string of the molecule is CCCCOC1C(F)C(=O)NC(=O)N1[C@@H]1O[C@H](COC(C)=O)[C@@H](O)[C@H]1O. The zero-order valence-corrected chi connectivity index (χ0v) is 14.5. The van der Waals surface area contributed by atoms with Crippen molar-refractivity contribution in [3.63, 3.8) is 0 Å². The minimum Gasteiger partial charge on any atom is -0.463 e. The summed E-state index contributed by atoms with van der Waals surface area (Å²) in [4.78, 5) is 35.4. The van der Waals surface area contributed by atoms with Crippen molar-refractivity contribution in [2.45, 2.75) is 63.6 Å². The summed E-state index contributed by atoms with van der Waals surface area (Å²) in [5.41, 5.74) is 0. The molecule has 2 unspecified atom stereocenters. The van der Waals surface area contributed by atoms with Crippen LogP contribution in [0.2, 0.25) is 0 Å². The van der Waals surface area contributed by atoms with Gasteiger partial charge in [-0.1, -0.05) is 13.3 Å². The van der Waals surface area contributed by atoms with Crippen LogP contribution in [0.15, 0.2) is 0 Å². The smallest absolute Gasteiger partial charge is 0.328 e. The Morgan fingerprint density at radius 3 is 2.65 bits per heavy atom. The number of hydrogen-bond acceptors (Lipinski definition) is 8. The lowest BCUT2D eigenvalue weighted by atomic mass is 10.1. The molecule has 2 aliphatic rings. The number of unbranched alkanes of at least 4 members (excludes halogenated alkanes) is 1. The van der Waals surface area contributed by atoms with Gasteiger partial charge in [-0.3, -0.25) is 19.8 Å². The van der Waals surface area contributed by atoms with E-state index >= 15 is 0 Å². The number of nitrogens with one attached hydrogen (secondary N) is 1. The molecule has 3 amide bonds. The van der Waals surface area contributed by atoms with E-state index < -0.39 is 54.8 Å². The van der Waals surface area contributed by atoms with Crippen molar-refractivity contribution in [2.75, 3.05) is 13.2 Å². The third-order valence-corrected chi connectivity index (χ3v) is 4.09. The van der Waals surface area contributed by atoms with Crippen LogP contribution in [0.4, 0.5) is 9.18 Å². The molecule has 148 valence electrons. The fourth-order valence-electron chi connectivity index (χ4n) is 2.69. The highest BCUT2D eigenvalue weighted by Crippen LogP contribution is 2.29. The first-order valence-electron chi connectivity index (χ1n) is 8.31. The van der Waals surface area contributed by atoms with Gasteiger partial charge in [-0.2, -0.15) is 0 Å². The number of halogens is 1. The van der Waals surface area contributed by atoms with E-state index in [0.29, 0.717) is 11.3 Å². The van der Waals surface area contributed by atoms with E-state index in [1.165, 1.54) is 0 Å². The molecule has 2 rings (SSSR count). The van der Waals surface area contributed by atoms with E-state index in [9.17, 15) is 29.0 Å². The van der Waals surface area contributed by atoms with Crippen LogP contribution in [0.1, 0.15) is 26.7 Å². The predicted molar refractivity (Wildman–Crippen MR) is 82.2 cm³/mol.